The maximum atomic E-state index is 12.6. The van der Waals surface area contributed by atoms with Gasteiger partial charge < -0.3 is 11.1 Å². The summed E-state index contributed by atoms with van der Waals surface area (Å²) < 4.78 is 0. The number of thiophene rings is 1. The summed E-state index contributed by atoms with van der Waals surface area (Å²) in [6.07, 6.45) is 1.66. The van der Waals surface area contributed by atoms with Gasteiger partial charge >= 0.3 is 0 Å². The number of nitrogen functional groups attached to an aromatic ring is 1. The normalized spacial score (nSPS) is 10.8. The SMILES string of the molecule is Cc1ccnc(NC(=O)c2sc3nc(-c4ccccc4)ccc3c2N)c1. The lowest BCUT2D eigenvalue weighted by atomic mass is 10.1. The van der Waals surface area contributed by atoms with Crippen molar-refractivity contribution in [3.05, 3.63) is 71.2 Å². The van der Waals surface area contributed by atoms with E-state index in [-0.39, 0.29) is 5.91 Å². The van der Waals surface area contributed by atoms with Gasteiger partial charge in [-0.25, -0.2) is 9.97 Å². The van der Waals surface area contributed by atoms with E-state index >= 15 is 0 Å². The van der Waals surface area contributed by atoms with Crippen molar-refractivity contribution in [3.63, 3.8) is 0 Å². The third-order valence-electron chi connectivity index (χ3n) is 4.03. The summed E-state index contributed by atoms with van der Waals surface area (Å²) in [6.45, 7) is 1.94. The molecule has 4 rings (SSSR count). The van der Waals surface area contributed by atoms with Crippen molar-refractivity contribution in [3.8, 4) is 11.3 Å². The van der Waals surface area contributed by atoms with E-state index in [4.69, 9.17) is 5.73 Å². The van der Waals surface area contributed by atoms with Crippen LogP contribution in [0.25, 0.3) is 21.5 Å². The van der Waals surface area contributed by atoms with Gasteiger partial charge in [-0.2, -0.15) is 0 Å². The van der Waals surface area contributed by atoms with Crippen LogP contribution >= 0.6 is 11.3 Å². The number of rotatable bonds is 3. The fourth-order valence-corrected chi connectivity index (χ4v) is 3.70. The van der Waals surface area contributed by atoms with E-state index in [1.807, 2.05) is 61.5 Å². The number of fused-ring (bicyclic) bond motifs is 1. The van der Waals surface area contributed by atoms with Gasteiger partial charge in [-0.15, -0.1) is 11.3 Å². The lowest BCUT2D eigenvalue weighted by Gasteiger charge is -2.04. The van der Waals surface area contributed by atoms with Crippen LogP contribution in [-0.2, 0) is 0 Å². The second-order valence-corrected chi connectivity index (χ2v) is 6.93. The van der Waals surface area contributed by atoms with Gasteiger partial charge in [-0.1, -0.05) is 30.3 Å². The van der Waals surface area contributed by atoms with Gasteiger partial charge in [-0.3, -0.25) is 4.79 Å². The summed E-state index contributed by atoms with van der Waals surface area (Å²) in [5.41, 5.74) is 9.55. The van der Waals surface area contributed by atoms with Crippen LogP contribution in [0.5, 0.6) is 0 Å². The number of carbonyl (C=O) groups excluding carboxylic acids is 1. The highest BCUT2D eigenvalue weighted by atomic mass is 32.1. The number of anilines is 2. The molecule has 0 radical (unpaired) electrons. The Balaban J connectivity index is 1.69. The molecule has 0 saturated heterocycles. The lowest BCUT2D eigenvalue weighted by molar-refractivity contribution is 0.103. The Labute approximate surface area is 154 Å². The molecule has 0 unspecified atom stereocenters. The average molecular weight is 360 g/mol. The first-order valence-corrected chi connectivity index (χ1v) is 8.92. The molecule has 3 aromatic heterocycles. The second-order valence-electron chi connectivity index (χ2n) is 5.93. The van der Waals surface area contributed by atoms with E-state index in [0.29, 0.717) is 16.4 Å². The first-order chi connectivity index (χ1) is 12.6. The Morgan fingerprint density at radius 1 is 1.12 bits per heavy atom. The van der Waals surface area contributed by atoms with Crippen LogP contribution in [0.2, 0.25) is 0 Å². The van der Waals surface area contributed by atoms with Gasteiger partial charge in [0.1, 0.15) is 15.5 Å². The molecule has 0 aliphatic heterocycles. The number of nitrogens with zero attached hydrogens (tertiary/aromatic N) is 2. The van der Waals surface area contributed by atoms with E-state index in [1.165, 1.54) is 11.3 Å². The highest BCUT2D eigenvalue weighted by Crippen LogP contribution is 2.34. The van der Waals surface area contributed by atoms with Gasteiger partial charge in [0.2, 0.25) is 0 Å². The van der Waals surface area contributed by atoms with Crippen LogP contribution in [-0.4, -0.2) is 15.9 Å². The van der Waals surface area contributed by atoms with Crippen molar-refractivity contribution in [2.24, 2.45) is 0 Å². The minimum absolute atomic E-state index is 0.273. The molecule has 1 amide bonds. The Morgan fingerprint density at radius 2 is 1.92 bits per heavy atom. The number of pyridine rings is 2. The number of nitrogens with one attached hydrogen (secondary N) is 1. The fraction of sp³-hybridized carbons (Fsp3) is 0.0500. The smallest absolute Gasteiger partial charge is 0.269 e. The van der Waals surface area contributed by atoms with Crippen molar-refractivity contribution in [2.75, 3.05) is 11.1 Å². The molecule has 0 bridgehead atoms. The van der Waals surface area contributed by atoms with Gasteiger partial charge in [0, 0.05) is 17.1 Å². The number of hydrogen-bond donors (Lipinski definition) is 2. The number of carbonyl (C=O) groups is 1. The van der Waals surface area contributed by atoms with Crippen LogP contribution in [0.15, 0.2) is 60.8 Å². The highest BCUT2D eigenvalue weighted by Gasteiger charge is 2.18. The Kier molecular flexibility index (Phi) is 4.10. The minimum atomic E-state index is -0.273. The standard InChI is InChI=1S/C20H16N4OS/c1-12-9-10-22-16(11-12)24-19(25)18-17(21)14-7-8-15(23-20(14)26-18)13-5-3-2-4-6-13/h2-11H,21H2,1H3,(H,22,24,25). The zero-order valence-electron chi connectivity index (χ0n) is 14.1. The Hall–Kier alpha value is -3.25. The Morgan fingerprint density at radius 3 is 2.69 bits per heavy atom. The van der Waals surface area contributed by atoms with Crippen LogP contribution in [0, 0.1) is 6.92 Å². The molecular weight excluding hydrogens is 344 g/mol. The van der Waals surface area contributed by atoms with Crippen molar-refractivity contribution in [1.82, 2.24) is 9.97 Å². The molecule has 3 heterocycles. The summed E-state index contributed by atoms with van der Waals surface area (Å²) in [5, 5.41) is 3.59. The van der Waals surface area contributed by atoms with Crippen molar-refractivity contribution in [2.45, 2.75) is 6.92 Å². The largest absolute Gasteiger partial charge is 0.397 e. The summed E-state index contributed by atoms with van der Waals surface area (Å²) in [7, 11) is 0. The maximum absolute atomic E-state index is 12.6. The number of benzene rings is 1. The molecule has 0 saturated carbocycles. The van der Waals surface area contributed by atoms with Gasteiger partial charge in [0.25, 0.3) is 5.91 Å². The first kappa shape index (κ1) is 16.2. The van der Waals surface area contributed by atoms with Crippen molar-refractivity contribution >= 4 is 39.0 Å². The fourth-order valence-electron chi connectivity index (χ4n) is 2.71. The lowest BCUT2D eigenvalue weighted by Crippen LogP contribution is -2.13. The van der Waals surface area contributed by atoms with E-state index in [2.05, 4.69) is 15.3 Å². The quantitative estimate of drug-likeness (QED) is 0.563. The monoisotopic (exact) mass is 360 g/mol. The van der Waals surface area contributed by atoms with Crippen molar-refractivity contribution < 1.29 is 4.79 Å². The van der Waals surface area contributed by atoms with Gasteiger partial charge in [-0.05, 0) is 36.8 Å². The molecule has 6 heteroatoms. The number of hydrogen-bond acceptors (Lipinski definition) is 5. The second kappa shape index (κ2) is 6.57. The molecule has 4 aromatic rings. The zero-order valence-corrected chi connectivity index (χ0v) is 14.9. The number of nitrogens with two attached hydrogens (primary N) is 1. The summed E-state index contributed by atoms with van der Waals surface area (Å²) in [6, 6.07) is 17.4. The molecule has 3 N–H and O–H groups in total. The molecule has 0 aliphatic rings. The van der Waals surface area contributed by atoms with Gasteiger partial charge in [0.15, 0.2) is 0 Å². The van der Waals surface area contributed by atoms with Crippen LogP contribution in [0.1, 0.15) is 15.2 Å². The van der Waals surface area contributed by atoms with Crippen LogP contribution in [0.3, 0.4) is 0 Å². The average Bonchev–Trinajstić information content (AvgIpc) is 2.99. The third kappa shape index (κ3) is 3.02. The highest BCUT2D eigenvalue weighted by molar-refractivity contribution is 7.21. The number of aromatic nitrogens is 2. The first-order valence-electron chi connectivity index (χ1n) is 8.10. The Bertz CT molecular complexity index is 1110. The predicted octanol–water partition coefficient (Wildman–Crippen LogP) is 4.50. The molecule has 1 aromatic carbocycles. The predicted molar refractivity (Wildman–Crippen MR) is 106 cm³/mol. The molecule has 0 atom stereocenters. The zero-order chi connectivity index (χ0) is 18.1. The third-order valence-corrected chi connectivity index (χ3v) is 5.14. The molecule has 5 nitrogen and oxygen atoms in total. The van der Waals surface area contributed by atoms with E-state index in [1.54, 1.807) is 6.20 Å². The molecule has 0 fully saturated rings. The summed E-state index contributed by atoms with van der Waals surface area (Å²) >= 11 is 1.29. The number of aryl methyl sites for hydroxylation is 1. The number of amides is 1. The topological polar surface area (TPSA) is 80.9 Å². The summed E-state index contributed by atoms with van der Waals surface area (Å²) in [5.74, 6) is 0.231. The van der Waals surface area contributed by atoms with Crippen molar-refractivity contribution in [1.29, 1.82) is 0 Å². The summed E-state index contributed by atoms with van der Waals surface area (Å²) in [4.78, 5) is 22.6. The van der Waals surface area contributed by atoms with Crippen LogP contribution < -0.4 is 11.1 Å². The van der Waals surface area contributed by atoms with Gasteiger partial charge in [0.05, 0.1) is 11.4 Å². The van der Waals surface area contributed by atoms with E-state index in [9.17, 15) is 4.79 Å². The molecule has 0 spiro atoms. The molecular formula is C20H16N4OS. The molecule has 0 aliphatic carbocycles. The van der Waals surface area contributed by atoms with Crippen LogP contribution in [0.4, 0.5) is 11.5 Å². The minimum Gasteiger partial charge on any atom is -0.397 e. The molecule has 26 heavy (non-hydrogen) atoms. The maximum Gasteiger partial charge on any atom is 0.269 e. The molecule has 128 valence electrons. The van der Waals surface area contributed by atoms with E-state index in [0.717, 1.165) is 27.0 Å². The van der Waals surface area contributed by atoms with E-state index < -0.39 is 0 Å².